The van der Waals surface area contributed by atoms with Crippen LogP contribution in [0.5, 0.6) is 5.75 Å². The van der Waals surface area contributed by atoms with Gasteiger partial charge in [0.2, 0.25) is 0 Å². The number of hydrogen-bond acceptors (Lipinski definition) is 3. The molecule has 15 heavy (non-hydrogen) atoms. The summed E-state index contributed by atoms with van der Waals surface area (Å²) in [5, 5.41) is 9.48. The molecule has 0 saturated heterocycles. The van der Waals surface area contributed by atoms with Crippen LogP contribution in [0.25, 0.3) is 0 Å². The van der Waals surface area contributed by atoms with Gasteiger partial charge in [-0.15, -0.1) is 0 Å². The lowest BCUT2D eigenvalue weighted by Gasteiger charge is -2.14. The first-order valence-corrected chi connectivity index (χ1v) is 5.25. The highest BCUT2D eigenvalue weighted by atomic mass is 35.5. The third-order valence-electron chi connectivity index (χ3n) is 1.94. The zero-order valence-corrected chi connectivity index (χ0v) is 9.66. The number of hydrogen-bond donors (Lipinski definition) is 2. The van der Waals surface area contributed by atoms with Crippen LogP contribution in [-0.2, 0) is 0 Å². The molecule has 0 spiro atoms. The quantitative estimate of drug-likeness (QED) is 0.832. The molecular weight excluding hydrogens is 214 g/mol. The van der Waals surface area contributed by atoms with Crippen molar-refractivity contribution in [1.82, 2.24) is 0 Å². The lowest BCUT2D eigenvalue weighted by atomic mass is 10.1. The number of halogens is 1. The second-order valence-electron chi connectivity index (χ2n) is 3.65. The molecule has 1 rings (SSSR count). The zero-order chi connectivity index (χ0) is 11.4. The largest absolute Gasteiger partial charge is 0.489 e. The molecule has 0 aromatic heterocycles. The Balaban J connectivity index is 2.94. The van der Waals surface area contributed by atoms with E-state index in [0.717, 1.165) is 5.56 Å². The predicted octanol–water partition coefficient (Wildman–Crippen LogP) is 2.12. The van der Waals surface area contributed by atoms with Crippen molar-refractivity contribution in [2.75, 3.05) is 6.61 Å². The lowest BCUT2D eigenvalue weighted by Crippen LogP contribution is -2.15. The van der Waals surface area contributed by atoms with Crippen molar-refractivity contribution in [2.45, 2.75) is 26.0 Å². The van der Waals surface area contributed by atoms with Gasteiger partial charge in [0.1, 0.15) is 5.75 Å². The minimum Gasteiger partial charge on any atom is -0.489 e. The third kappa shape index (κ3) is 3.38. The fraction of sp³-hybridized carbons (Fsp3) is 0.455. The minimum absolute atomic E-state index is 0.0584. The molecule has 3 N–H and O–H groups in total. The van der Waals surface area contributed by atoms with Gasteiger partial charge in [-0.25, -0.2) is 0 Å². The summed E-state index contributed by atoms with van der Waals surface area (Å²) in [7, 11) is 0. The first-order chi connectivity index (χ1) is 7.04. The molecule has 0 heterocycles. The standard InChI is InChI=1S/C11H16ClNO2/c1-7(2)15-11-5-8(10(13)6-14)3-4-9(11)12/h3-5,7,10,14H,6,13H2,1-2H3. The van der Waals surface area contributed by atoms with E-state index in [-0.39, 0.29) is 12.7 Å². The Morgan fingerprint density at radius 1 is 1.47 bits per heavy atom. The molecule has 0 amide bonds. The van der Waals surface area contributed by atoms with Crippen LogP contribution in [0.2, 0.25) is 5.02 Å². The van der Waals surface area contributed by atoms with Crippen LogP contribution in [0.3, 0.4) is 0 Å². The summed E-state index contributed by atoms with van der Waals surface area (Å²) in [6, 6.07) is 4.89. The highest BCUT2D eigenvalue weighted by Crippen LogP contribution is 2.28. The summed E-state index contributed by atoms with van der Waals surface area (Å²) in [4.78, 5) is 0. The highest BCUT2D eigenvalue weighted by Gasteiger charge is 2.09. The van der Waals surface area contributed by atoms with Gasteiger partial charge in [0.05, 0.1) is 23.8 Å². The van der Waals surface area contributed by atoms with Crippen molar-refractivity contribution >= 4 is 11.6 Å². The van der Waals surface area contributed by atoms with Crippen LogP contribution in [0.1, 0.15) is 25.5 Å². The molecule has 84 valence electrons. The molecule has 1 aromatic carbocycles. The van der Waals surface area contributed by atoms with E-state index in [1.165, 1.54) is 0 Å². The number of rotatable bonds is 4. The first kappa shape index (κ1) is 12.3. The maximum Gasteiger partial charge on any atom is 0.138 e. The Hall–Kier alpha value is -0.770. The molecule has 0 aliphatic carbocycles. The van der Waals surface area contributed by atoms with Crippen molar-refractivity contribution in [3.8, 4) is 5.75 Å². The summed E-state index contributed by atoms with van der Waals surface area (Å²) < 4.78 is 5.51. The van der Waals surface area contributed by atoms with Gasteiger partial charge in [-0.1, -0.05) is 17.7 Å². The molecule has 0 radical (unpaired) electrons. The molecule has 1 atom stereocenters. The van der Waals surface area contributed by atoms with Gasteiger partial charge in [0.25, 0.3) is 0 Å². The van der Waals surface area contributed by atoms with Gasteiger partial charge in [-0.2, -0.15) is 0 Å². The van der Waals surface area contributed by atoms with Crippen molar-refractivity contribution in [3.05, 3.63) is 28.8 Å². The van der Waals surface area contributed by atoms with Crippen LogP contribution < -0.4 is 10.5 Å². The van der Waals surface area contributed by atoms with Crippen LogP contribution in [0, 0.1) is 0 Å². The highest BCUT2D eigenvalue weighted by molar-refractivity contribution is 6.32. The topological polar surface area (TPSA) is 55.5 Å². The molecule has 3 nitrogen and oxygen atoms in total. The van der Waals surface area contributed by atoms with Crippen molar-refractivity contribution in [3.63, 3.8) is 0 Å². The Labute approximate surface area is 94.8 Å². The molecule has 1 aromatic rings. The van der Waals surface area contributed by atoms with Gasteiger partial charge < -0.3 is 15.6 Å². The van der Waals surface area contributed by atoms with E-state index >= 15 is 0 Å². The van der Waals surface area contributed by atoms with Crippen LogP contribution in [0.4, 0.5) is 0 Å². The van der Waals surface area contributed by atoms with Gasteiger partial charge in [0.15, 0.2) is 0 Å². The Bertz CT molecular complexity index is 328. The Kier molecular flexibility index (Phi) is 4.39. The second-order valence-corrected chi connectivity index (χ2v) is 4.05. The van der Waals surface area contributed by atoms with Crippen LogP contribution >= 0.6 is 11.6 Å². The molecule has 0 aliphatic rings. The molecule has 0 fully saturated rings. The third-order valence-corrected chi connectivity index (χ3v) is 2.26. The van der Waals surface area contributed by atoms with Crippen molar-refractivity contribution < 1.29 is 9.84 Å². The number of aliphatic hydroxyl groups excluding tert-OH is 1. The van der Waals surface area contributed by atoms with E-state index in [9.17, 15) is 0 Å². The Morgan fingerprint density at radius 2 is 2.13 bits per heavy atom. The van der Waals surface area contributed by atoms with Gasteiger partial charge >= 0.3 is 0 Å². The second kappa shape index (κ2) is 5.35. The number of ether oxygens (including phenoxy) is 1. The molecule has 0 bridgehead atoms. The average Bonchev–Trinajstić information content (AvgIpc) is 2.19. The van der Waals surface area contributed by atoms with Gasteiger partial charge in [0, 0.05) is 0 Å². The number of nitrogens with two attached hydrogens (primary N) is 1. The molecule has 4 heteroatoms. The first-order valence-electron chi connectivity index (χ1n) is 4.87. The van der Waals surface area contributed by atoms with Crippen LogP contribution in [-0.4, -0.2) is 17.8 Å². The Morgan fingerprint density at radius 3 is 2.67 bits per heavy atom. The SMILES string of the molecule is CC(C)Oc1cc(C(N)CO)ccc1Cl. The fourth-order valence-electron chi connectivity index (χ4n) is 1.20. The zero-order valence-electron chi connectivity index (χ0n) is 8.90. The molecule has 1 unspecified atom stereocenters. The maximum atomic E-state index is 8.93. The van der Waals surface area contributed by atoms with E-state index in [1.54, 1.807) is 18.2 Å². The van der Waals surface area contributed by atoms with Crippen LogP contribution in [0.15, 0.2) is 18.2 Å². The number of benzene rings is 1. The summed E-state index contributed by atoms with van der Waals surface area (Å²) >= 11 is 5.96. The smallest absolute Gasteiger partial charge is 0.138 e. The lowest BCUT2D eigenvalue weighted by molar-refractivity contribution is 0.241. The molecular formula is C11H16ClNO2. The molecule has 0 saturated carbocycles. The van der Waals surface area contributed by atoms with Gasteiger partial charge in [-0.05, 0) is 31.5 Å². The van der Waals surface area contributed by atoms with E-state index in [0.29, 0.717) is 10.8 Å². The summed E-state index contributed by atoms with van der Waals surface area (Å²) in [6.45, 7) is 3.76. The van der Waals surface area contributed by atoms with Gasteiger partial charge in [-0.3, -0.25) is 0 Å². The minimum atomic E-state index is -0.392. The summed E-state index contributed by atoms with van der Waals surface area (Å²) in [5.41, 5.74) is 6.51. The van der Waals surface area contributed by atoms with E-state index in [2.05, 4.69) is 0 Å². The van der Waals surface area contributed by atoms with E-state index in [4.69, 9.17) is 27.2 Å². The van der Waals surface area contributed by atoms with E-state index < -0.39 is 6.04 Å². The van der Waals surface area contributed by atoms with E-state index in [1.807, 2.05) is 13.8 Å². The normalized spacial score (nSPS) is 12.9. The predicted molar refractivity (Wildman–Crippen MR) is 61.2 cm³/mol. The summed E-state index contributed by atoms with van der Waals surface area (Å²) in [6.07, 6.45) is 0.0584. The molecule has 0 aliphatic heterocycles. The maximum absolute atomic E-state index is 8.93. The summed E-state index contributed by atoms with van der Waals surface area (Å²) in [5.74, 6) is 0.605. The monoisotopic (exact) mass is 229 g/mol. The number of aliphatic hydroxyl groups is 1. The van der Waals surface area contributed by atoms with Crippen molar-refractivity contribution in [2.24, 2.45) is 5.73 Å². The average molecular weight is 230 g/mol. The van der Waals surface area contributed by atoms with Crippen molar-refractivity contribution in [1.29, 1.82) is 0 Å². The fourth-order valence-corrected chi connectivity index (χ4v) is 1.36.